The molecule has 11 rings (SSSR count). The first-order valence-electron chi connectivity index (χ1n) is 19.7. The molecule has 0 saturated heterocycles. The van der Waals surface area contributed by atoms with Crippen molar-refractivity contribution in [1.82, 2.24) is 0 Å². The minimum absolute atomic E-state index is 0.941. The predicted octanol–water partition coefficient (Wildman–Crippen LogP) is 9.23. The van der Waals surface area contributed by atoms with Gasteiger partial charge in [0.15, 0.2) is 0 Å². The summed E-state index contributed by atoms with van der Waals surface area (Å²) < 4.78 is 0. The summed E-state index contributed by atoms with van der Waals surface area (Å²) in [5, 5.41) is 8.62. The van der Waals surface area contributed by atoms with Crippen molar-refractivity contribution >= 4 is 94.1 Å². The van der Waals surface area contributed by atoms with Crippen molar-refractivity contribution in [2.75, 3.05) is 30.6 Å². The van der Waals surface area contributed by atoms with Gasteiger partial charge in [-0.3, -0.25) is 0 Å². The van der Waals surface area contributed by atoms with E-state index < -0.39 is 15.2 Å². The SMILES string of the molecule is CN1c2cc3c(cc2P(c2ccccc2)c2ccc4c(c2N(C)c2c(ccc5c2C=CC5)[PH](C)(c2ccccc2)c2cc5c(cc21)CC=C5)CC=C4)CC=C3. The molecule has 0 amide bonds. The molecule has 0 radical (unpaired) electrons. The Morgan fingerprint density at radius 3 is 1.98 bits per heavy atom. The predicted molar refractivity (Wildman–Crippen MR) is 245 cm³/mol. The Morgan fingerprint density at radius 2 is 1.18 bits per heavy atom. The van der Waals surface area contributed by atoms with Crippen LogP contribution in [0.4, 0.5) is 22.7 Å². The summed E-state index contributed by atoms with van der Waals surface area (Å²) in [6.45, 7) is 2.63. The summed E-state index contributed by atoms with van der Waals surface area (Å²) in [4.78, 5) is 5.25. The van der Waals surface area contributed by atoms with E-state index in [4.69, 9.17) is 0 Å². The molecule has 0 N–H and O–H groups in total. The molecular weight excluding hydrogens is 703 g/mol. The van der Waals surface area contributed by atoms with Crippen molar-refractivity contribution in [2.24, 2.45) is 0 Å². The Morgan fingerprint density at radius 1 is 0.509 bits per heavy atom. The molecule has 6 aromatic carbocycles. The van der Waals surface area contributed by atoms with Crippen LogP contribution in [0.2, 0.25) is 0 Å². The van der Waals surface area contributed by atoms with Crippen LogP contribution in [-0.2, 0) is 25.7 Å². The van der Waals surface area contributed by atoms with Gasteiger partial charge in [0, 0.05) is 0 Å². The van der Waals surface area contributed by atoms with Crippen LogP contribution in [0.15, 0.2) is 133 Å². The van der Waals surface area contributed by atoms with Crippen molar-refractivity contribution < 1.29 is 0 Å². The Balaban J connectivity index is 1.34. The Labute approximate surface area is 327 Å². The number of benzene rings is 6. The molecule has 1 heterocycles. The van der Waals surface area contributed by atoms with Gasteiger partial charge in [-0.15, -0.1) is 0 Å². The van der Waals surface area contributed by atoms with E-state index in [0.29, 0.717) is 0 Å². The number of allylic oxidation sites excluding steroid dienone is 4. The summed E-state index contributed by atoms with van der Waals surface area (Å²) in [5.74, 6) is 0. The number of hydrogen-bond acceptors (Lipinski definition) is 2. The molecule has 1 unspecified atom stereocenters. The van der Waals surface area contributed by atoms with Gasteiger partial charge in [-0.2, -0.15) is 0 Å². The van der Waals surface area contributed by atoms with E-state index >= 15 is 0 Å². The van der Waals surface area contributed by atoms with E-state index in [1.807, 2.05) is 0 Å². The number of rotatable bonds is 2. The van der Waals surface area contributed by atoms with Gasteiger partial charge in [0.1, 0.15) is 0 Å². The molecule has 1 aliphatic heterocycles. The van der Waals surface area contributed by atoms with E-state index in [2.05, 4.69) is 188 Å². The molecule has 0 spiro atoms. The monoisotopic (exact) mass is 746 g/mol. The molecule has 2 nitrogen and oxygen atoms in total. The zero-order valence-electron chi connectivity index (χ0n) is 31.7. The number of fused-ring (bicyclic) bond motifs is 10. The second-order valence-electron chi connectivity index (χ2n) is 15.8. The molecule has 55 heavy (non-hydrogen) atoms. The molecule has 5 aliphatic rings. The molecule has 4 aliphatic carbocycles. The number of nitrogens with zero attached hydrogens (tertiary/aromatic N) is 2. The zero-order valence-corrected chi connectivity index (χ0v) is 33.6. The summed E-state index contributed by atoms with van der Waals surface area (Å²) in [6, 6.07) is 43.0. The zero-order chi connectivity index (χ0) is 36.8. The maximum absolute atomic E-state index is 2.74. The summed E-state index contributed by atoms with van der Waals surface area (Å²) >= 11 is 0. The molecule has 1 atom stereocenters. The molecule has 6 aromatic rings. The van der Waals surface area contributed by atoms with E-state index in [0.717, 1.165) is 25.7 Å². The first kappa shape index (κ1) is 33.1. The van der Waals surface area contributed by atoms with Gasteiger partial charge in [-0.05, 0) is 0 Å². The fraction of sp³-hybridized carbons (Fsp3) is 0.137. The molecular formula is C51H44N2P2. The molecule has 0 fully saturated rings. The van der Waals surface area contributed by atoms with Gasteiger partial charge >= 0.3 is 328 Å². The van der Waals surface area contributed by atoms with E-state index in [1.165, 1.54) is 99.1 Å². The Hall–Kier alpha value is -5.26. The van der Waals surface area contributed by atoms with Gasteiger partial charge in [0.05, 0.1) is 0 Å². The first-order chi connectivity index (χ1) is 27.0. The topological polar surface area (TPSA) is 6.48 Å². The van der Waals surface area contributed by atoms with Crippen LogP contribution in [0.1, 0.15) is 44.5 Å². The standard InChI is InChI=1S/C51H44N2P2/c1-52-44-30-36-16-10-18-38(36)32-47(44)54(40-20-6-4-7-21-40)46-28-26-34-14-12-24-42(34)50(46)53(2)51-43-25-13-15-35(43)27-29-48(51)55(3,41-22-8-5-9-23-41)49-33-39-19-11-17-37(39)31-45(49)52/h4-14,16,19-23,25-33,55H,15,17-18,24H2,1-3H3. The second kappa shape index (κ2) is 12.6. The molecule has 0 bridgehead atoms. The Bertz CT molecular complexity index is 2700. The van der Waals surface area contributed by atoms with Gasteiger partial charge in [-0.25, -0.2) is 0 Å². The van der Waals surface area contributed by atoms with Crippen LogP contribution < -0.4 is 41.6 Å². The third-order valence-corrected chi connectivity index (χ3v) is 19.9. The molecule has 0 aromatic heterocycles. The molecule has 0 saturated carbocycles. The summed E-state index contributed by atoms with van der Waals surface area (Å²) in [5.41, 5.74) is 16.5. The van der Waals surface area contributed by atoms with E-state index in [9.17, 15) is 0 Å². The average Bonchev–Trinajstić information content (AvgIpc) is 4.07. The van der Waals surface area contributed by atoms with Gasteiger partial charge in [-0.1, -0.05) is 0 Å². The van der Waals surface area contributed by atoms with Gasteiger partial charge in [0.25, 0.3) is 0 Å². The van der Waals surface area contributed by atoms with Crippen LogP contribution in [0.5, 0.6) is 0 Å². The normalized spacial score (nSPS) is 18.3. The minimum atomic E-state index is -2.74. The molecule has 268 valence electrons. The van der Waals surface area contributed by atoms with Crippen molar-refractivity contribution in [2.45, 2.75) is 25.7 Å². The fourth-order valence-electron chi connectivity index (χ4n) is 10.1. The van der Waals surface area contributed by atoms with E-state index in [1.54, 1.807) is 0 Å². The van der Waals surface area contributed by atoms with Crippen LogP contribution in [0.3, 0.4) is 0 Å². The quantitative estimate of drug-likeness (QED) is 0.163. The maximum atomic E-state index is 2.66. The number of anilines is 4. The summed E-state index contributed by atoms with van der Waals surface area (Å²) in [6.07, 6.45) is 22.7. The molecule has 4 heteroatoms. The van der Waals surface area contributed by atoms with Crippen molar-refractivity contribution in [1.29, 1.82) is 0 Å². The van der Waals surface area contributed by atoms with Crippen LogP contribution in [0.25, 0.3) is 24.3 Å². The van der Waals surface area contributed by atoms with Gasteiger partial charge in [0.2, 0.25) is 0 Å². The first-order valence-corrected chi connectivity index (χ1v) is 23.5. The van der Waals surface area contributed by atoms with Crippen molar-refractivity contribution in [3.8, 4) is 0 Å². The van der Waals surface area contributed by atoms with Crippen LogP contribution in [-0.4, -0.2) is 20.8 Å². The van der Waals surface area contributed by atoms with Crippen LogP contribution in [0, 0.1) is 0 Å². The third-order valence-electron chi connectivity index (χ3n) is 12.9. The fourth-order valence-corrected chi connectivity index (χ4v) is 17.0. The summed E-state index contributed by atoms with van der Waals surface area (Å²) in [7, 11) is 1.03. The van der Waals surface area contributed by atoms with Gasteiger partial charge < -0.3 is 0 Å². The van der Waals surface area contributed by atoms with Crippen molar-refractivity contribution in [3.63, 3.8) is 0 Å². The average molecular weight is 747 g/mol. The van der Waals surface area contributed by atoms with Crippen LogP contribution >= 0.6 is 15.2 Å². The Kier molecular flexibility index (Phi) is 7.61. The third kappa shape index (κ3) is 4.94. The number of hydrogen-bond donors (Lipinski definition) is 0. The second-order valence-corrected chi connectivity index (χ2v) is 21.9. The van der Waals surface area contributed by atoms with E-state index in [-0.39, 0.29) is 0 Å². The van der Waals surface area contributed by atoms with Crippen molar-refractivity contribution in [3.05, 3.63) is 178 Å².